The van der Waals surface area contributed by atoms with Crippen molar-refractivity contribution in [3.63, 3.8) is 0 Å². The number of aromatic nitrogens is 2. The largest absolute Gasteiger partial charge is 0.416 e. The van der Waals surface area contributed by atoms with E-state index >= 15 is 0 Å². The molecule has 1 aliphatic heterocycles. The zero-order valence-electron chi connectivity index (χ0n) is 18.5. The number of likely N-dealkylation sites (tertiary alicyclic amines) is 1. The first-order chi connectivity index (χ1) is 15.8. The SMILES string of the molecule is CC/C=C\C(=NC)N1CCC(Nc2nnc(NC(=O)Cc3ccc(C(F)(F)F)cc3)s2)CC1. The molecule has 1 amide bonds. The molecule has 33 heavy (non-hydrogen) atoms. The summed E-state index contributed by atoms with van der Waals surface area (Å²) in [4.78, 5) is 18.8. The zero-order valence-corrected chi connectivity index (χ0v) is 19.3. The monoisotopic (exact) mass is 480 g/mol. The molecule has 0 aliphatic carbocycles. The van der Waals surface area contributed by atoms with Crippen LogP contribution in [0.1, 0.15) is 37.3 Å². The molecule has 178 valence electrons. The first-order valence-electron chi connectivity index (χ1n) is 10.7. The van der Waals surface area contributed by atoms with Crippen LogP contribution in [-0.2, 0) is 17.4 Å². The number of halogens is 3. The Bertz CT molecular complexity index is 979. The first-order valence-corrected chi connectivity index (χ1v) is 11.5. The van der Waals surface area contributed by atoms with Gasteiger partial charge in [0.05, 0.1) is 12.0 Å². The molecule has 0 saturated carbocycles. The lowest BCUT2D eigenvalue weighted by Gasteiger charge is -2.33. The van der Waals surface area contributed by atoms with E-state index in [0.29, 0.717) is 15.8 Å². The van der Waals surface area contributed by atoms with Crippen LogP contribution in [0, 0.1) is 0 Å². The predicted octanol–water partition coefficient (Wildman–Crippen LogP) is 4.61. The number of amidine groups is 1. The second-order valence-corrected chi connectivity index (χ2v) is 8.61. The number of rotatable bonds is 7. The molecule has 0 atom stereocenters. The van der Waals surface area contributed by atoms with E-state index in [1.54, 1.807) is 7.05 Å². The topological polar surface area (TPSA) is 82.5 Å². The van der Waals surface area contributed by atoms with Crippen molar-refractivity contribution in [3.8, 4) is 0 Å². The summed E-state index contributed by atoms with van der Waals surface area (Å²) in [5.41, 5.74) is -0.258. The molecule has 0 spiro atoms. The molecule has 2 N–H and O–H groups in total. The zero-order chi connectivity index (χ0) is 23.8. The van der Waals surface area contributed by atoms with Gasteiger partial charge < -0.3 is 15.5 Å². The van der Waals surface area contributed by atoms with E-state index in [1.165, 1.54) is 23.5 Å². The third kappa shape index (κ3) is 7.28. The van der Waals surface area contributed by atoms with Gasteiger partial charge in [-0.2, -0.15) is 13.2 Å². The van der Waals surface area contributed by atoms with E-state index < -0.39 is 11.7 Å². The van der Waals surface area contributed by atoms with E-state index in [2.05, 4.69) is 49.8 Å². The van der Waals surface area contributed by atoms with Crippen LogP contribution in [0.5, 0.6) is 0 Å². The molecule has 0 radical (unpaired) electrons. The summed E-state index contributed by atoms with van der Waals surface area (Å²) in [6.07, 6.45) is 2.52. The Morgan fingerprint density at radius 3 is 2.48 bits per heavy atom. The van der Waals surface area contributed by atoms with E-state index in [1.807, 2.05) is 0 Å². The fraction of sp³-hybridized carbons (Fsp3) is 0.455. The van der Waals surface area contributed by atoms with Gasteiger partial charge in [-0.1, -0.05) is 36.5 Å². The summed E-state index contributed by atoms with van der Waals surface area (Å²) in [6, 6.07) is 4.79. The Morgan fingerprint density at radius 2 is 1.88 bits per heavy atom. The van der Waals surface area contributed by atoms with Crippen LogP contribution >= 0.6 is 11.3 Å². The van der Waals surface area contributed by atoms with Crippen molar-refractivity contribution in [1.82, 2.24) is 15.1 Å². The van der Waals surface area contributed by atoms with Crippen molar-refractivity contribution in [1.29, 1.82) is 0 Å². The van der Waals surface area contributed by atoms with Gasteiger partial charge in [-0.15, -0.1) is 10.2 Å². The first kappa shape index (κ1) is 24.7. The van der Waals surface area contributed by atoms with Crippen LogP contribution in [0.2, 0.25) is 0 Å². The third-order valence-corrected chi connectivity index (χ3v) is 5.97. The Morgan fingerprint density at radius 1 is 1.21 bits per heavy atom. The summed E-state index contributed by atoms with van der Waals surface area (Å²) < 4.78 is 37.9. The summed E-state index contributed by atoms with van der Waals surface area (Å²) >= 11 is 1.23. The van der Waals surface area contributed by atoms with E-state index in [-0.39, 0.29) is 18.4 Å². The minimum atomic E-state index is -4.40. The van der Waals surface area contributed by atoms with Crippen LogP contribution in [0.3, 0.4) is 0 Å². The molecule has 11 heteroatoms. The van der Waals surface area contributed by atoms with Crippen LogP contribution in [-0.4, -0.2) is 53.0 Å². The van der Waals surface area contributed by atoms with E-state index in [0.717, 1.165) is 50.3 Å². The summed E-state index contributed by atoms with van der Waals surface area (Å²) in [5.74, 6) is 0.626. The maximum absolute atomic E-state index is 12.6. The van der Waals surface area contributed by atoms with Gasteiger partial charge in [0.1, 0.15) is 5.84 Å². The summed E-state index contributed by atoms with van der Waals surface area (Å²) in [6.45, 7) is 3.86. The highest BCUT2D eigenvalue weighted by molar-refractivity contribution is 7.19. The number of benzene rings is 1. The number of alkyl halides is 3. The highest BCUT2D eigenvalue weighted by atomic mass is 32.1. The number of piperidine rings is 1. The normalized spacial score (nSPS) is 15.8. The third-order valence-electron chi connectivity index (χ3n) is 5.20. The summed E-state index contributed by atoms with van der Waals surface area (Å²) in [7, 11) is 1.80. The average molecular weight is 481 g/mol. The number of carbonyl (C=O) groups excluding carboxylic acids is 1. The van der Waals surface area contributed by atoms with Crippen LogP contribution in [0.25, 0.3) is 0 Å². The number of nitrogens with one attached hydrogen (secondary N) is 2. The molecule has 1 fully saturated rings. The quantitative estimate of drug-likeness (QED) is 0.447. The van der Waals surface area contributed by atoms with Gasteiger partial charge in [0.15, 0.2) is 0 Å². The predicted molar refractivity (Wildman–Crippen MR) is 125 cm³/mol. The highest BCUT2D eigenvalue weighted by Gasteiger charge is 2.30. The number of nitrogens with zero attached hydrogens (tertiary/aromatic N) is 4. The van der Waals surface area contributed by atoms with Crippen molar-refractivity contribution in [3.05, 3.63) is 47.5 Å². The minimum absolute atomic E-state index is 0.0489. The molecule has 1 aromatic carbocycles. The van der Waals surface area contributed by atoms with Crippen LogP contribution in [0.15, 0.2) is 41.4 Å². The number of hydrogen-bond donors (Lipinski definition) is 2. The Kier molecular flexibility index (Phi) is 8.43. The standard InChI is InChI=1S/C22H27F3N6OS/c1-3-4-5-18(26-2)31-12-10-17(11-13-31)27-20-29-30-21(33-20)28-19(32)14-15-6-8-16(9-7-15)22(23,24)25/h4-9,17H,3,10-14H2,1-2H3,(H,27,29)(H,28,30,32)/b5-4-,26-18?. The number of allylic oxidation sites excluding steroid dienone is 1. The number of carbonyl (C=O) groups is 1. The van der Waals surface area contributed by atoms with Gasteiger partial charge in [0.2, 0.25) is 16.2 Å². The fourth-order valence-corrected chi connectivity index (χ4v) is 4.20. The van der Waals surface area contributed by atoms with Gasteiger partial charge in [-0.3, -0.25) is 9.79 Å². The van der Waals surface area contributed by atoms with Gasteiger partial charge >= 0.3 is 6.18 Å². The van der Waals surface area contributed by atoms with Crippen molar-refractivity contribution in [2.45, 2.75) is 44.8 Å². The highest BCUT2D eigenvalue weighted by Crippen LogP contribution is 2.29. The molecular weight excluding hydrogens is 453 g/mol. The Balaban J connectivity index is 1.46. The number of hydrogen-bond acceptors (Lipinski definition) is 6. The molecule has 0 unspecified atom stereocenters. The smallest absolute Gasteiger partial charge is 0.357 e. The molecule has 2 heterocycles. The Hall–Kier alpha value is -2.95. The molecule has 2 aromatic rings. The maximum atomic E-state index is 12.6. The second-order valence-electron chi connectivity index (χ2n) is 7.63. The lowest BCUT2D eigenvalue weighted by Crippen LogP contribution is -2.41. The molecular formula is C22H27F3N6OS. The molecule has 1 aromatic heterocycles. The van der Waals surface area contributed by atoms with Crippen molar-refractivity contribution in [2.75, 3.05) is 30.8 Å². The van der Waals surface area contributed by atoms with E-state index in [9.17, 15) is 18.0 Å². The minimum Gasteiger partial charge on any atom is -0.357 e. The van der Waals surface area contributed by atoms with Crippen LogP contribution in [0.4, 0.5) is 23.4 Å². The number of anilines is 2. The van der Waals surface area contributed by atoms with Crippen molar-refractivity contribution in [2.24, 2.45) is 4.99 Å². The van der Waals surface area contributed by atoms with Gasteiger partial charge in [0, 0.05) is 26.2 Å². The Labute approximate surface area is 194 Å². The molecule has 7 nitrogen and oxygen atoms in total. The van der Waals surface area contributed by atoms with Gasteiger partial charge in [0.25, 0.3) is 0 Å². The molecule has 0 bridgehead atoms. The molecule has 3 rings (SSSR count). The fourth-order valence-electron chi connectivity index (χ4n) is 3.46. The van der Waals surface area contributed by atoms with Gasteiger partial charge in [-0.05, 0) is 43.0 Å². The average Bonchev–Trinajstić information content (AvgIpc) is 3.21. The molecule has 1 saturated heterocycles. The lowest BCUT2D eigenvalue weighted by molar-refractivity contribution is -0.137. The summed E-state index contributed by atoms with van der Waals surface area (Å²) in [5, 5.41) is 15.1. The molecule has 1 aliphatic rings. The van der Waals surface area contributed by atoms with Gasteiger partial charge in [-0.25, -0.2) is 0 Å². The number of aliphatic imine (C=N–C) groups is 1. The van der Waals surface area contributed by atoms with Crippen LogP contribution < -0.4 is 10.6 Å². The maximum Gasteiger partial charge on any atom is 0.416 e. The second kappa shape index (κ2) is 11.3. The lowest BCUT2D eigenvalue weighted by atomic mass is 10.1. The number of amides is 1. The van der Waals surface area contributed by atoms with Crippen molar-refractivity contribution < 1.29 is 18.0 Å². The van der Waals surface area contributed by atoms with Crippen molar-refractivity contribution >= 4 is 33.3 Å². The van der Waals surface area contributed by atoms with E-state index in [4.69, 9.17) is 0 Å².